The summed E-state index contributed by atoms with van der Waals surface area (Å²) in [5, 5.41) is 2.94. The lowest BCUT2D eigenvalue weighted by Gasteiger charge is -2.26. The van der Waals surface area contributed by atoms with E-state index in [2.05, 4.69) is 9.88 Å². The van der Waals surface area contributed by atoms with Gasteiger partial charge < -0.3 is 4.57 Å². The number of nitrogens with zero attached hydrogens (tertiary/aromatic N) is 2. The fourth-order valence-electron chi connectivity index (χ4n) is 5.03. The van der Waals surface area contributed by atoms with Crippen molar-refractivity contribution >= 4 is 41.2 Å². The van der Waals surface area contributed by atoms with E-state index in [1.54, 1.807) is 24.3 Å². The average molecular weight is 558 g/mol. The van der Waals surface area contributed by atoms with E-state index < -0.39 is 17.8 Å². The molecule has 0 bridgehead atoms. The van der Waals surface area contributed by atoms with Crippen molar-refractivity contribution in [2.75, 3.05) is 4.90 Å². The molecule has 1 fully saturated rings. The minimum atomic E-state index is -0.783. The Morgan fingerprint density at radius 2 is 1.37 bits per heavy atom. The molecule has 0 unspecified atom stereocenters. The van der Waals surface area contributed by atoms with Gasteiger partial charge in [-0.15, -0.1) is 0 Å². The number of halogens is 1. The molecule has 0 radical (unpaired) electrons. The molecule has 6 nitrogen and oxygen atoms in total. The molecule has 1 N–H and O–H groups in total. The van der Waals surface area contributed by atoms with Gasteiger partial charge in [0.1, 0.15) is 5.57 Å². The topological polar surface area (TPSA) is 71.4 Å². The maximum Gasteiger partial charge on any atom is 0.335 e. The molecule has 0 atom stereocenters. The number of benzene rings is 4. The molecule has 4 amide bonds. The first-order valence-electron chi connectivity index (χ1n) is 13.0. The number of carbonyl (C=O) groups is 3. The highest BCUT2D eigenvalue weighted by molar-refractivity contribution is 6.39. The van der Waals surface area contributed by atoms with E-state index in [9.17, 15) is 14.4 Å². The number of hydrogen-bond donors (Lipinski definition) is 1. The number of nitrogens with one attached hydrogen (secondary N) is 1. The van der Waals surface area contributed by atoms with Gasteiger partial charge in [-0.3, -0.25) is 14.9 Å². The average Bonchev–Trinajstić information content (AvgIpc) is 3.36. The van der Waals surface area contributed by atoms with Crippen molar-refractivity contribution in [1.29, 1.82) is 0 Å². The molecular weight excluding hydrogens is 534 g/mol. The normalized spacial score (nSPS) is 14.4. The second kappa shape index (κ2) is 10.8. The quantitative estimate of drug-likeness (QED) is 0.180. The highest BCUT2D eigenvalue weighted by atomic mass is 35.5. The van der Waals surface area contributed by atoms with Crippen molar-refractivity contribution in [3.05, 3.63) is 137 Å². The largest absolute Gasteiger partial charge is 0.335 e. The van der Waals surface area contributed by atoms with Crippen LogP contribution in [0.2, 0.25) is 5.02 Å². The Bertz CT molecular complexity index is 1820. The zero-order chi connectivity index (χ0) is 28.5. The zero-order valence-electron chi connectivity index (χ0n) is 22.0. The molecule has 2 heterocycles. The Morgan fingerprint density at radius 3 is 2.02 bits per heavy atom. The van der Waals surface area contributed by atoms with Crippen molar-refractivity contribution in [1.82, 2.24) is 9.88 Å². The van der Waals surface area contributed by atoms with Crippen LogP contribution in [0.1, 0.15) is 11.1 Å². The van der Waals surface area contributed by atoms with Gasteiger partial charge in [0.05, 0.1) is 17.1 Å². The summed E-state index contributed by atoms with van der Waals surface area (Å²) in [7, 11) is 0. The first-order chi connectivity index (χ1) is 19.9. The van der Waals surface area contributed by atoms with E-state index in [1.165, 1.54) is 0 Å². The van der Waals surface area contributed by atoms with Crippen LogP contribution in [-0.2, 0) is 9.59 Å². The molecule has 0 aliphatic carbocycles. The van der Waals surface area contributed by atoms with E-state index in [0.717, 1.165) is 38.7 Å². The third-order valence-electron chi connectivity index (χ3n) is 6.89. The Kier molecular flexibility index (Phi) is 6.83. The van der Waals surface area contributed by atoms with Gasteiger partial charge in [-0.25, -0.2) is 9.69 Å². The number of carbonyl (C=O) groups excluding carboxylic acids is 3. The molecule has 4 aromatic carbocycles. The molecule has 1 aliphatic rings. The highest BCUT2D eigenvalue weighted by Crippen LogP contribution is 2.38. The zero-order valence-corrected chi connectivity index (χ0v) is 22.8. The summed E-state index contributed by atoms with van der Waals surface area (Å²) in [6.07, 6.45) is 1.56. The summed E-state index contributed by atoms with van der Waals surface area (Å²) in [5.74, 6) is -1.44. The van der Waals surface area contributed by atoms with Gasteiger partial charge in [-0.1, -0.05) is 84.4 Å². The molecule has 6 rings (SSSR count). The summed E-state index contributed by atoms with van der Waals surface area (Å²) < 4.78 is 2.09. The van der Waals surface area contributed by atoms with Gasteiger partial charge in [-0.05, 0) is 72.2 Å². The number of urea groups is 1. The Hall–Kier alpha value is -5.20. The van der Waals surface area contributed by atoms with Gasteiger partial charge in [0.2, 0.25) is 0 Å². The molecule has 1 aliphatic heterocycles. The van der Waals surface area contributed by atoms with E-state index in [0.29, 0.717) is 16.3 Å². The number of anilines is 1. The van der Waals surface area contributed by atoms with E-state index >= 15 is 0 Å². The first kappa shape index (κ1) is 26.0. The van der Waals surface area contributed by atoms with Crippen LogP contribution in [0.25, 0.3) is 34.3 Å². The Labute approximate surface area is 242 Å². The predicted octanol–water partition coefficient (Wildman–Crippen LogP) is 7.44. The molecule has 7 heteroatoms. The van der Waals surface area contributed by atoms with Gasteiger partial charge in [0, 0.05) is 16.3 Å². The number of aromatic nitrogens is 1. The SMILES string of the molecule is Cc1cccc(N2C(=O)NC(=O)/C(=C/c3cc(-c4ccccc4)n(-c4ccc(Cl)cc4)c3-c3ccccc3)C2=O)c1. The van der Waals surface area contributed by atoms with Gasteiger partial charge >= 0.3 is 6.03 Å². The lowest BCUT2D eigenvalue weighted by atomic mass is 10.0. The molecule has 200 valence electrons. The van der Waals surface area contributed by atoms with Crippen LogP contribution < -0.4 is 10.2 Å². The predicted molar refractivity (Wildman–Crippen MR) is 162 cm³/mol. The van der Waals surface area contributed by atoms with Crippen LogP contribution >= 0.6 is 11.6 Å². The van der Waals surface area contributed by atoms with Crippen LogP contribution in [0, 0.1) is 6.92 Å². The van der Waals surface area contributed by atoms with Crippen LogP contribution in [0.4, 0.5) is 10.5 Å². The molecule has 0 spiro atoms. The maximum atomic E-state index is 13.7. The first-order valence-corrected chi connectivity index (χ1v) is 13.4. The second-order valence-electron chi connectivity index (χ2n) is 9.67. The van der Waals surface area contributed by atoms with Crippen molar-refractivity contribution in [2.24, 2.45) is 0 Å². The smallest absolute Gasteiger partial charge is 0.309 e. The molecule has 41 heavy (non-hydrogen) atoms. The highest BCUT2D eigenvalue weighted by Gasteiger charge is 2.37. The van der Waals surface area contributed by atoms with Gasteiger partial charge in [0.25, 0.3) is 11.8 Å². The lowest BCUT2D eigenvalue weighted by molar-refractivity contribution is -0.122. The summed E-state index contributed by atoms with van der Waals surface area (Å²) in [4.78, 5) is 40.6. The van der Waals surface area contributed by atoms with Gasteiger partial charge in [-0.2, -0.15) is 0 Å². The minimum absolute atomic E-state index is 0.142. The van der Waals surface area contributed by atoms with Crippen molar-refractivity contribution < 1.29 is 14.4 Å². The summed E-state index contributed by atoms with van der Waals surface area (Å²) in [5.41, 5.74) is 6.08. The maximum absolute atomic E-state index is 13.7. The van der Waals surface area contributed by atoms with E-state index in [1.807, 2.05) is 104 Å². The Morgan fingerprint density at radius 1 is 0.707 bits per heavy atom. The number of imide groups is 2. The van der Waals surface area contributed by atoms with Crippen LogP contribution in [0.3, 0.4) is 0 Å². The lowest BCUT2D eigenvalue weighted by Crippen LogP contribution is -2.54. The fourth-order valence-corrected chi connectivity index (χ4v) is 5.15. The fraction of sp³-hybridized carbons (Fsp3) is 0.0294. The third kappa shape index (κ3) is 4.97. The Balaban J connectivity index is 1.60. The summed E-state index contributed by atoms with van der Waals surface area (Å²) in [6, 6.07) is 35.3. The van der Waals surface area contributed by atoms with Crippen molar-refractivity contribution in [3.8, 4) is 28.2 Å². The van der Waals surface area contributed by atoms with E-state index in [-0.39, 0.29) is 5.57 Å². The number of hydrogen-bond acceptors (Lipinski definition) is 3. The summed E-state index contributed by atoms with van der Waals surface area (Å²) >= 11 is 6.23. The molecular formula is C34H24ClN3O3. The number of aryl methyl sites for hydroxylation is 1. The molecule has 0 saturated carbocycles. The number of rotatable bonds is 5. The second-order valence-corrected chi connectivity index (χ2v) is 10.1. The third-order valence-corrected chi connectivity index (χ3v) is 7.15. The van der Waals surface area contributed by atoms with Crippen molar-refractivity contribution in [3.63, 3.8) is 0 Å². The monoisotopic (exact) mass is 557 g/mol. The molecule has 5 aromatic rings. The van der Waals surface area contributed by atoms with E-state index in [4.69, 9.17) is 11.6 Å². The number of amides is 4. The minimum Gasteiger partial charge on any atom is -0.309 e. The molecule has 1 aromatic heterocycles. The molecule has 1 saturated heterocycles. The van der Waals surface area contributed by atoms with Crippen LogP contribution in [0.15, 0.2) is 121 Å². The van der Waals surface area contributed by atoms with Crippen LogP contribution in [-0.4, -0.2) is 22.4 Å². The standard InChI is InChI=1S/C34H24ClN3O3/c1-22-9-8-14-28(19-22)38-33(40)29(32(39)36-34(38)41)20-25-21-30(23-10-4-2-5-11-23)37(27-17-15-26(35)16-18-27)31(25)24-12-6-3-7-13-24/h2-21H,1H3,(H,36,39,41)/b29-20-. The van der Waals surface area contributed by atoms with Gasteiger partial charge in [0.15, 0.2) is 0 Å². The summed E-state index contributed by atoms with van der Waals surface area (Å²) in [6.45, 7) is 1.87. The number of barbiturate groups is 1. The van der Waals surface area contributed by atoms with Crippen LogP contribution in [0.5, 0.6) is 0 Å². The van der Waals surface area contributed by atoms with Crippen molar-refractivity contribution in [2.45, 2.75) is 6.92 Å².